The van der Waals surface area contributed by atoms with Gasteiger partial charge in [0.25, 0.3) is 0 Å². The Labute approximate surface area is 89.1 Å². The van der Waals surface area contributed by atoms with E-state index in [1.165, 1.54) is 11.4 Å². The summed E-state index contributed by atoms with van der Waals surface area (Å²) in [6.07, 6.45) is 0.670. The maximum absolute atomic E-state index is 11.6. The molecule has 0 saturated carbocycles. The minimum absolute atomic E-state index is 0.451. The lowest BCUT2D eigenvalue weighted by Crippen LogP contribution is -2.37. The number of rotatable bonds is 2. The van der Waals surface area contributed by atoms with Crippen molar-refractivity contribution in [3.63, 3.8) is 0 Å². The van der Waals surface area contributed by atoms with E-state index in [4.69, 9.17) is 5.73 Å². The number of hydrogen-bond acceptors (Lipinski definition) is 3. The first-order chi connectivity index (χ1) is 7.06. The molecule has 1 aromatic rings. The molecule has 1 aliphatic rings. The smallest absolute Gasteiger partial charge is 0.301 e. The number of benzene rings is 1. The van der Waals surface area contributed by atoms with E-state index in [0.717, 1.165) is 5.56 Å². The fourth-order valence-corrected chi connectivity index (χ4v) is 2.77. The van der Waals surface area contributed by atoms with Crippen LogP contribution in [0.25, 0.3) is 0 Å². The summed E-state index contributed by atoms with van der Waals surface area (Å²) in [5.74, 6) is 0. The van der Waals surface area contributed by atoms with E-state index >= 15 is 0 Å². The third kappa shape index (κ3) is 1.55. The molecule has 1 heterocycles. The van der Waals surface area contributed by atoms with Gasteiger partial charge < -0.3 is 5.73 Å². The molecule has 0 aliphatic carbocycles. The van der Waals surface area contributed by atoms with Crippen molar-refractivity contribution >= 4 is 21.6 Å². The van der Waals surface area contributed by atoms with Crippen LogP contribution in [0.4, 0.5) is 11.4 Å². The number of hydrogen-bond donors (Lipinski definition) is 2. The molecule has 0 bridgehead atoms. The first-order valence-electron chi connectivity index (χ1n) is 4.65. The van der Waals surface area contributed by atoms with Gasteiger partial charge >= 0.3 is 10.2 Å². The van der Waals surface area contributed by atoms with Crippen molar-refractivity contribution < 1.29 is 8.42 Å². The lowest BCUT2D eigenvalue weighted by atomic mass is 10.1. The van der Waals surface area contributed by atoms with Crippen LogP contribution in [-0.4, -0.2) is 22.0 Å². The number of fused-ring (bicyclic) bond motifs is 1. The van der Waals surface area contributed by atoms with Gasteiger partial charge in [-0.05, 0) is 18.6 Å². The lowest BCUT2D eigenvalue weighted by Gasteiger charge is -2.18. The average molecular weight is 227 g/mol. The summed E-state index contributed by atoms with van der Waals surface area (Å²) < 4.78 is 26.9. The zero-order valence-electron chi connectivity index (χ0n) is 8.40. The van der Waals surface area contributed by atoms with Crippen LogP contribution in [0.5, 0.6) is 0 Å². The van der Waals surface area contributed by atoms with Crippen LogP contribution >= 0.6 is 0 Å². The largest absolute Gasteiger partial charge is 0.398 e. The highest BCUT2D eigenvalue weighted by Crippen LogP contribution is 2.33. The third-order valence-corrected chi connectivity index (χ3v) is 4.04. The Morgan fingerprint density at radius 3 is 2.87 bits per heavy atom. The minimum atomic E-state index is -3.40. The summed E-state index contributed by atoms with van der Waals surface area (Å²) in [4.78, 5) is 0. The van der Waals surface area contributed by atoms with Crippen LogP contribution in [0.15, 0.2) is 18.2 Å². The molecule has 1 aliphatic heterocycles. The highest BCUT2D eigenvalue weighted by Gasteiger charge is 2.28. The van der Waals surface area contributed by atoms with Gasteiger partial charge in [0, 0.05) is 24.8 Å². The van der Waals surface area contributed by atoms with Crippen LogP contribution in [-0.2, 0) is 16.6 Å². The van der Waals surface area contributed by atoms with E-state index in [-0.39, 0.29) is 0 Å². The van der Waals surface area contributed by atoms with Crippen LogP contribution in [0.2, 0.25) is 0 Å². The Hall–Kier alpha value is -1.27. The normalized spacial score (nSPS) is 15.4. The summed E-state index contributed by atoms with van der Waals surface area (Å²) in [5, 5.41) is 0. The van der Waals surface area contributed by atoms with Crippen molar-refractivity contribution in [2.24, 2.45) is 0 Å². The van der Waals surface area contributed by atoms with Crippen molar-refractivity contribution in [3.05, 3.63) is 23.8 Å². The topological polar surface area (TPSA) is 75.4 Å². The molecule has 3 N–H and O–H groups in total. The van der Waals surface area contributed by atoms with Gasteiger partial charge in [-0.15, -0.1) is 0 Å². The second kappa shape index (κ2) is 3.39. The molecule has 2 rings (SSSR count). The molecular formula is C9H13N3O2S. The van der Waals surface area contributed by atoms with Gasteiger partial charge in [0.05, 0.1) is 5.69 Å². The number of nitrogens with two attached hydrogens (primary N) is 1. The highest BCUT2D eigenvalue weighted by atomic mass is 32.2. The van der Waals surface area contributed by atoms with Crippen molar-refractivity contribution in [2.75, 3.05) is 23.6 Å². The van der Waals surface area contributed by atoms with Crippen molar-refractivity contribution in [1.29, 1.82) is 0 Å². The monoisotopic (exact) mass is 227 g/mol. The molecule has 0 saturated heterocycles. The van der Waals surface area contributed by atoms with Gasteiger partial charge in [-0.1, -0.05) is 6.07 Å². The molecule has 0 atom stereocenters. The summed E-state index contributed by atoms with van der Waals surface area (Å²) in [7, 11) is -2.00. The standard InChI is InChI=1S/C9H13N3O2S/c1-11-15(13,14)12-6-5-7-8(10)3-2-4-9(7)12/h2-4,11H,5-6,10H2,1H3. The first kappa shape index (κ1) is 10.3. The van der Waals surface area contributed by atoms with E-state index in [1.54, 1.807) is 18.2 Å². The van der Waals surface area contributed by atoms with Gasteiger partial charge in [-0.2, -0.15) is 8.42 Å². The Kier molecular flexibility index (Phi) is 2.32. The fraction of sp³-hybridized carbons (Fsp3) is 0.333. The summed E-state index contributed by atoms with van der Waals surface area (Å²) in [5.41, 5.74) is 8.03. The molecule has 5 nitrogen and oxygen atoms in total. The minimum Gasteiger partial charge on any atom is -0.398 e. The zero-order chi connectivity index (χ0) is 11.1. The Morgan fingerprint density at radius 2 is 2.20 bits per heavy atom. The lowest BCUT2D eigenvalue weighted by molar-refractivity contribution is 0.584. The van der Waals surface area contributed by atoms with Gasteiger partial charge in [-0.3, -0.25) is 4.31 Å². The zero-order valence-corrected chi connectivity index (χ0v) is 9.21. The van der Waals surface area contributed by atoms with Crippen LogP contribution in [0.1, 0.15) is 5.56 Å². The summed E-state index contributed by atoms with van der Waals surface area (Å²) in [6.45, 7) is 0.451. The molecule has 82 valence electrons. The van der Waals surface area contributed by atoms with Crippen LogP contribution in [0.3, 0.4) is 0 Å². The quantitative estimate of drug-likeness (QED) is 0.703. The van der Waals surface area contributed by atoms with Crippen molar-refractivity contribution in [2.45, 2.75) is 6.42 Å². The number of anilines is 2. The molecule has 0 unspecified atom stereocenters. The maximum atomic E-state index is 11.6. The van der Waals surface area contributed by atoms with Crippen molar-refractivity contribution in [3.8, 4) is 0 Å². The Bertz CT molecular complexity index is 484. The summed E-state index contributed by atoms with van der Waals surface area (Å²) in [6, 6.07) is 5.32. The van der Waals surface area contributed by atoms with Crippen molar-refractivity contribution in [1.82, 2.24) is 4.72 Å². The second-order valence-electron chi connectivity index (χ2n) is 3.38. The van der Waals surface area contributed by atoms with E-state index < -0.39 is 10.2 Å². The molecule has 6 heteroatoms. The number of nitrogens with zero attached hydrogens (tertiary/aromatic N) is 1. The molecule has 15 heavy (non-hydrogen) atoms. The van der Waals surface area contributed by atoms with Crippen LogP contribution < -0.4 is 14.8 Å². The molecule has 1 aromatic carbocycles. The molecule has 0 fully saturated rings. The van der Waals surface area contributed by atoms with E-state index in [0.29, 0.717) is 24.3 Å². The van der Waals surface area contributed by atoms with Gasteiger partial charge in [0.1, 0.15) is 0 Å². The van der Waals surface area contributed by atoms with Crippen LogP contribution in [0, 0.1) is 0 Å². The maximum Gasteiger partial charge on any atom is 0.301 e. The summed E-state index contributed by atoms with van der Waals surface area (Å²) >= 11 is 0. The average Bonchev–Trinajstić information content (AvgIpc) is 2.63. The predicted molar refractivity (Wildman–Crippen MR) is 59.9 cm³/mol. The molecule has 0 spiro atoms. The first-order valence-corrected chi connectivity index (χ1v) is 6.09. The van der Waals surface area contributed by atoms with E-state index in [1.807, 2.05) is 0 Å². The Morgan fingerprint density at radius 1 is 1.47 bits per heavy atom. The molecular weight excluding hydrogens is 214 g/mol. The number of nitrogen functional groups attached to an aromatic ring is 1. The fourth-order valence-electron chi connectivity index (χ4n) is 1.79. The van der Waals surface area contributed by atoms with E-state index in [2.05, 4.69) is 4.72 Å². The highest BCUT2D eigenvalue weighted by molar-refractivity contribution is 7.90. The SMILES string of the molecule is CNS(=O)(=O)N1CCc2c(N)cccc21. The molecule has 0 amide bonds. The number of nitrogens with one attached hydrogen (secondary N) is 1. The molecule has 0 radical (unpaired) electrons. The Balaban J connectivity index is 2.51. The van der Waals surface area contributed by atoms with Gasteiger partial charge in [0.15, 0.2) is 0 Å². The second-order valence-corrected chi connectivity index (χ2v) is 5.18. The van der Waals surface area contributed by atoms with Gasteiger partial charge in [0.2, 0.25) is 0 Å². The van der Waals surface area contributed by atoms with Gasteiger partial charge in [-0.25, -0.2) is 4.72 Å². The predicted octanol–water partition coefficient (Wildman–Crippen LogP) is 0.0955. The molecule has 0 aromatic heterocycles. The third-order valence-electron chi connectivity index (χ3n) is 2.57. The van der Waals surface area contributed by atoms with E-state index in [9.17, 15) is 8.42 Å².